The number of aromatic nitrogens is 1. The topological polar surface area (TPSA) is 42.0 Å². The van der Waals surface area contributed by atoms with Crippen LogP contribution in [-0.2, 0) is 0 Å². The number of rotatable bonds is 3. The van der Waals surface area contributed by atoms with E-state index < -0.39 is 17.5 Å². The van der Waals surface area contributed by atoms with E-state index in [-0.39, 0.29) is 5.56 Å². The molecule has 3 nitrogen and oxygen atoms in total. The first-order valence-corrected chi connectivity index (χ1v) is 7.65. The largest absolute Gasteiger partial charge is 0.298 e. The number of carbonyl (C=O) groups is 1. The van der Waals surface area contributed by atoms with Crippen LogP contribution in [0.2, 0.25) is 0 Å². The molecular formula is C17H12F2N2OS. The number of aryl methyl sites for hydroxylation is 1. The van der Waals surface area contributed by atoms with Crippen molar-refractivity contribution < 1.29 is 13.6 Å². The zero-order chi connectivity index (χ0) is 16.4. The van der Waals surface area contributed by atoms with Gasteiger partial charge in [0.2, 0.25) is 0 Å². The number of carbonyl (C=O) groups excluding carboxylic acids is 1. The molecule has 0 saturated carbocycles. The van der Waals surface area contributed by atoms with Crippen LogP contribution in [0.3, 0.4) is 0 Å². The third kappa shape index (κ3) is 3.27. The number of nitrogens with zero attached hydrogens (tertiary/aromatic N) is 1. The average molecular weight is 330 g/mol. The van der Waals surface area contributed by atoms with Gasteiger partial charge < -0.3 is 0 Å². The van der Waals surface area contributed by atoms with E-state index in [9.17, 15) is 13.6 Å². The summed E-state index contributed by atoms with van der Waals surface area (Å²) < 4.78 is 26.8. The number of benzene rings is 2. The fraction of sp³-hybridized carbons (Fsp3) is 0.0588. The van der Waals surface area contributed by atoms with Crippen LogP contribution in [0.25, 0.3) is 10.4 Å². The van der Waals surface area contributed by atoms with E-state index in [1.807, 2.05) is 37.3 Å². The van der Waals surface area contributed by atoms with Gasteiger partial charge >= 0.3 is 0 Å². The number of nitrogens with one attached hydrogen (secondary N) is 1. The highest BCUT2D eigenvalue weighted by Gasteiger charge is 2.16. The van der Waals surface area contributed by atoms with Gasteiger partial charge in [0.05, 0.1) is 16.1 Å². The van der Waals surface area contributed by atoms with Crippen molar-refractivity contribution in [1.82, 2.24) is 4.98 Å². The van der Waals surface area contributed by atoms with Crippen LogP contribution in [0, 0.1) is 18.6 Å². The second-order valence-electron chi connectivity index (χ2n) is 4.88. The normalized spacial score (nSPS) is 10.6. The molecule has 0 radical (unpaired) electrons. The second-order valence-corrected chi connectivity index (χ2v) is 5.88. The Morgan fingerprint density at radius 2 is 1.87 bits per heavy atom. The lowest BCUT2D eigenvalue weighted by molar-refractivity contribution is 0.102. The highest BCUT2D eigenvalue weighted by Crippen LogP contribution is 2.32. The standard InChI is InChI=1S/C17H12F2N2OS/c1-10-15(11-5-3-2-4-6-11)23-17(20-10)21-16(22)13-9-12(18)7-8-14(13)19/h2-9H,1H3,(H,20,21,22). The molecule has 116 valence electrons. The molecule has 0 atom stereocenters. The van der Waals surface area contributed by atoms with Crippen LogP contribution >= 0.6 is 11.3 Å². The third-order valence-corrected chi connectivity index (χ3v) is 4.35. The zero-order valence-corrected chi connectivity index (χ0v) is 13.0. The van der Waals surface area contributed by atoms with E-state index in [2.05, 4.69) is 10.3 Å². The molecule has 2 aromatic carbocycles. The summed E-state index contributed by atoms with van der Waals surface area (Å²) in [6.07, 6.45) is 0. The van der Waals surface area contributed by atoms with Crippen molar-refractivity contribution in [2.75, 3.05) is 5.32 Å². The number of hydrogen-bond donors (Lipinski definition) is 1. The van der Waals surface area contributed by atoms with Gasteiger partial charge in [-0.05, 0) is 30.7 Å². The van der Waals surface area contributed by atoms with E-state index in [1.54, 1.807) is 0 Å². The smallest absolute Gasteiger partial charge is 0.260 e. The molecule has 1 heterocycles. The van der Waals surface area contributed by atoms with Gasteiger partial charge in [-0.2, -0.15) is 0 Å². The Hall–Kier alpha value is -2.60. The number of amides is 1. The van der Waals surface area contributed by atoms with Gasteiger partial charge in [0.1, 0.15) is 11.6 Å². The molecule has 23 heavy (non-hydrogen) atoms. The van der Waals surface area contributed by atoms with Crippen LogP contribution in [0.5, 0.6) is 0 Å². The quantitative estimate of drug-likeness (QED) is 0.759. The third-order valence-electron chi connectivity index (χ3n) is 3.23. The van der Waals surface area contributed by atoms with E-state index >= 15 is 0 Å². The summed E-state index contributed by atoms with van der Waals surface area (Å²) in [6, 6.07) is 12.4. The second kappa shape index (κ2) is 6.26. The summed E-state index contributed by atoms with van der Waals surface area (Å²) in [5.41, 5.74) is 1.40. The Balaban J connectivity index is 1.87. The maximum atomic E-state index is 13.6. The van der Waals surface area contributed by atoms with Crippen LogP contribution < -0.4 is 5.32 Å². The van der Waals surface area contributed by atoms with Gasteiger partial charge in [0.15, 0.2) is 5.13 Å². The van der Waals surface area contributed by atoms with Crippen molar-refractivity contribution in [1.29, 1.82) is 0 Å². The molecule has 0 fully saturated rings. The van der Waals surface area contributed by atoms with Crippen LogP contribution in [0.4, 0.5) is 13.9 Å². The SMILES string of the molecule is Cc1nc(NC(=O)c2cc(F)ccc2F)sc1-c1ccccc1. The van der Waals surface area contributed by atoms with Crippen LogP contribution in [0.15, 0.2) is 48.5 Å². The maximum Gasteiger partial charge on any atom is 0.260 e. The predicted molar refractivity (Wildman–Crippen MR) is 86.6 cm³/mol. The van der Waals surface area contributed by atoms with Gasteiger partial charge in [-0.25, -0.2) is 13.8 Å². The van der Waals surface area contributed by atoms with Crippen molar-refractivity contribution in [2.24, 2.45) is 0 Å². The molecule has 0 saturated heterocycles. The summed E-state index contributed by atoms with van der Waals surface area (Å²) in [6.45, 7) is 1.83. The number of halogens is 2. The van der Waals surface area contributed by atoms with Crippen molar-refractivity contribution in [3.63, 3.8) is 0 Å². The van der Waals surface area contributed by atoms with Gasteiger partial charge in [-0.3, -0.25) is 10.1 Å². The predicted octanol–water partition coefficient (Wildman–Crippen LogP) is 4.65. The Labute approximate surface area is 135 Å². The lowest BCUT2D eigenvalue weighted by Crippen LogP contribution is -2.13. The minimum atomic E-state index is -0.777. The van der Waals surface area contributed by atoms with Gasteiger partial charge in [-0.1, -0.05) is 41.7 Å². The molecule has 6 heteroatoms. The monoisotopic (exact) mass is 330 g/mol. The van der Waals surface area contributed by atoms with E-state index in [4.69, 9.17) is 0 Å². The van der Waals surface area contributed by atoms with Gasteiger partial charge in [0.25, 0.3) is 5.91 Å². The molecule has 0 unspecified atom stereocenters. The summed E-state index contributed by atoms with van der Waals surface area (Å²) in [4.78, 5) is 17.3. The van der Waals surface area contributed by atoms with Crippen molar-refractivity contribution in [3.05, 3.63) is 71.4 Å². The molecule has 0 aliphatic carbocycles. The Morgan fingerprint density at radius 1 is 1.13 bits per heavy atom. The maximum absolute atomic E-state index is 13.6. The fourth-order valence-corrected chi connectivity index (χ4v) is 3.11. The molecule has 3 rings (SSSR count). The number of thiazole rings is 1. The van der Waals surface area contributed by atoms with Crippen LogP contribution in [-0.4, -0.2) is 10.9 Å². The molecule has 0 aliphatic rings. The van der Waals surface area contributed by atoms with Crippen molar-refractivity contribution in [3.8, 4) is 10.4 Å². The van der Waals surface area contributed by atoms with E-state index in [0.29, 0.717) is 5.13 Å². The lowest BCUT2D eigenvalue weighted by atomic mass is 10.2. The molecule has 1 aromatic heterocycles. The highest BCUT2D eigenvalue weighted by molar-refractivity contribution is 7.19. The Kier molecular flexibility index (Phi) is 4.16. The van der Waals surface area contributed by atoms with E-state index in [1.165, 1.54) is 11.3 Å². The Morgan fingerprint density at radius 3 is 2.61 bits per heavy atom. The van der Waals surface area contributed by atoms with Gasteiger partial charge in [-0.15, -0.1) is 0 Å². The summed E-state index contributed by atoms with van der Waals surface area (Å²) >= 11 is 1.29. The minimum absolute atomic E-state index is 0.343. The molecule has 3 aromatic rings. The average Bonchev–Trinajstić information content (AvgIpc) is 2.91. The van der Waals surface area contributed by atoms with Crippen molar-refractivity contribution >= 4 is 22.4 Å². The fourth-order valence-electron chi connectivity index (χ4n) is 2.14. The lowest BCUT2D eigenvalue weighted by Gasteiger charge is -2.03. The van der Waals surface area contributed by atoms with Gasteiger partial charge in [0, 0.05) is 0 Å². The first-order valence-electron chi connectivity index (χ1n) is 6.84. The van der Waals surface area contributed by atoms with Crippen LogP contribution in [0.1, 0.15) is 16.1 Å². The van der Waals surface area contributed by atoms with E-state index in [0.717, 1.165) is 34.3 Å². The summed E-state index contributed by atoms with van der Waals surface area (Å²) in [5.74, 6) is -2.17. The first kappa shape index (κ1) is 15.3. The first-order chi connectivity index (χ1) is 11.0. The summed E-state index contributed by atoms with van der Waals surface area (Å²) in [7, 11) is 0. The minimum Gasteiger partial charge on any atom is -0.298 e. The zero-order valence-electron chi connectivity index (χ0n) is 12.1. The summed E-state index contributed by atoms with van der Waals surface area (Å²) in [5, 5.41) is 2.86. The molecule has 1 amide bonds. The molecule has 1 N–H and O–H groups in total. The molecular weight excluding hydrogens is 318 g/mol. The number of hydrogen-bond acceptors (Lipinski definition) is 3. The molecule has 0 aliphatic heterocycles. The van der Waals surface area contributed by atoms with Crippen molar-refractivity contribution in [2.45, 2.75) is 6.92 Å². The highest BCUT2D eigenvalue weighted by atomic mass is 32.1. The molecule has 0 spiro atoms. The Bertz CT molecular complexity index is 862. The number of anilines is 1. The molecule has 0 bridgehead atoms.